The molecular weight excluding hydrogens is 357 g/mol. The van der Waals surface area contributed by atoms with E-state index in [1.165, 1.54) is 12.1 Å². The Bertz CT molecular complexity index is 870. The molecule has 1 aliphatic rings. The molecular formula is C18H12ClF3O3. The topological polar surface area (TPSA) is 46.5 Å². The summed E-state index contributed by atoms with van der Waals surface area (Å²) >= 11 is 6.06. The summed E-state index contributed by atoms with van der Waals surface area (Å²) in [6.07, 6.45) is -6.43. The maximum absolute atomic E-state index is 13.3. The maximum atomic E-state index is 13.3. The predicted molar refractivity (Wildman–Crippen MR) is 87.7 cm³/mol. The molecule has 25 heavy (non-hydrogen) atoms. The van der Waals surface area contributed by atoms with Crippen LogP contribution < -0.4 is 4.74 Å². The Morgan fingerprint density at radius 2 is 1.84 bits per heavy atom. The predicted octanol–water partition coefficient (Wildman–Crippen LogP) is 5.11. The number of fused-ring (bicyclic) bond motifs is 1. The van der Waals surface area contributed by atoms with Crippen molar-refractivity contribution in [2.45, 2.75) is 19.2 Å². The number of hydrogen-bond acceptors (Lipinski definition) is 2. The molecule has 0 aliphatic carbocycles. The van der Waals surface area contributed by atoms with Crippen molar-refractivity contribution in [3.63, 3.8) is 0 Å². The van der Waals surface area contributed by atoms with Gasteiger partial charge in [0.25, 0.3) is 0 Å². The molecule has 0 spiro atoms. The van der Waals surface area contributed by atoms with Crippen molar-refractivity contribution < 1.29 is 27.8 Å². The summed E-state index contributed by atoms with van der Waals surface area (Å²) in [5.41, 5.74) is 1.30. The first-order chi connectivity index (χ1) is 11.7. The summed E-state index contributed by atoms with van der Waals surface area (Å²) in [5, 5.41) is 9.37. The number of ether oxygens (including phenoxy) is 1. The van der Waals surface area contributed by atoms with Crippen molar-refractivity contribution >= 4 is 23.6 Å². The number of halogens is 4. The van der Waals surface area contributed by atoms with Gasteiger partial charge in [-0.1, -0.05) is 41.4 Å². The molecule has 2 aromatic carbocycles. The SMILES string of the molecule is Cc1ccc(-c2cc(Cl)cc3c2O[C@H](C(F)(F)F)C(C(=O)O)=C3)cc1. The summed E-state index contributed by atoms with van der Waals surface area (Å²) in [7, 11) is 0. The van der Waals surface area contributed by atoms with Crippen LogP contribution in [0.4, 0.5) is 13.2 Å². The molecule has 0 amide bonds. The van der Waals surface area contributed by atoms with Gasteiger partial charge in [-0.25, -0.2) is 4.79 Å². The van der Waals surface area contributed by atoms with Crippen molar-refractivity contribution in [3.8, 4) is 16.9 Å². The van der Waals surface area contributed by atoms with Crippen molar-refractivity contribution in [1.29, 1.82) is 0 Å². The first-order valence-corrected chi connectivity index (χ1v) is 7.63. The second kappa shape index (κ2) is 6.11. The highest BCUT2D eigenvalue weighted by Crippen LogP contribution is 2.44. The Labute approximate surface area is 146 Å². The Hall–Kier alpha value is -2.47. The van der Waals surface area contributed by atoms with E-state index in [1.807, 2.05) is 19.1 Å². The van der Waals surface area contributed by atoms with E-state index in [2.05, 4.69) is 0 Å². The molecule has 1 aliphatic heterocycles. The lowest BCUT2D eigenvalue weighted by Gasteiger charge is -2.28. The second-order valence-electron chi connectivity index (χ2n) is 5.68. The fraction of sp³-hybridized carbons (Fsp3) is 0.167. The molecule has 7 heteroatoms. The van der Waals surface area contributed by atoms with Gasteiger partial charge in [0.15, 0.2) is 0 Å². The Morgan fingerprint density at radius 3 is 2.40 bits per heavy atom. The van der Waals surface area contributed by atoms with Gasteiger partial charge >= 0.3 is 12.1 Å². The van der Waals surface area contributed by atoms with Gasteiger partial charge in [-0.2, -0.15) is 13.2 Å². The molecule has 130 valence electrons. The number of hydrogen-bond donors (Lipinski definition) is 1. The van der Waals surface area contributed by atoms with E-state index in [4.69, 9.17) is 21.4 Å². The van der Waals surface area contributed by atoms with Crippen LogP contribution in [0, 0.1) is 6.92 Å². The van der Waals surface area contributed by atoms with Gasteiger partial charge in [0, 0.05) is 16.1 Å². The average Bonchev–Trinajstić information content (AvgIpc) is 2.52. The van der Waals surface area contributed by atoms with E-state index in [0.29, 0.717) is 11.1 Å². The molecule has 1 atom stereocenters. The Kier molecular flexibility index (Phi) is 4.24. The second-order valence-corrected chi connectivity index (χ2v) is 6.12. The molecule has 2 aromatic rings. The van der Waals surface area contributed by atoms with E-state index in [0.717, 1.165) is 11.6 Å². The number of aliphatic carboxylic acids is 1. The molecule has 0 fully saturated rings. The zero-order valence-corrected chi connectivity index (χ0v) is 13.7. The highest BCUT2D eigenvalue weighted by Gasteiger charge is 2.48. The van der Waals surface area contributed by atoms with E-state index in [9.17, 15) is 18.0 Å². The third-order valence-corrected chi connectivity index (χ3v) is 4.04. The van der Waals surface area contributed by atoms with Crippen LogP contribution in [0.5, 0.6) is 5.75 Å². The van der Waals surface area contributed by atoms with Crippen molar-refractivity contribution in [3.05, 3.63) is 58.1 Å². The summed E-state index contributed by atoms with van der Waals surface area (Å²) in [6, 6.07) is 9.98. The highest BCUT2D eigenvalue weighted by molar-refractivity contribution is 6.31. The lowest BCUT2D eigenvalue weighted by Crippen LogP contribution is -2.40. The number of carboxylic acid groups (broad SMARTS) is 1. The fourth-order valence-electron chi connectivity index (χ4n) is 2.64. The zero-order valence-electron chi connectivity index (χ0n) is 12.9. The average molecular weight is 369 g/mol. The van der Waals surface area contributed by atoms with Crippen LogP contribution in [0.15, 0.2) is 42.0 Å². The van der Waals surface area contributed by atoms with E-state index < -0.39 is 23.8 Å². The van der Waals surface area contributed by atoms with Crippen molar-refractivity contribution in [1.82, 2.24) is 0 Å². The van der Waals surface area contributed by atoms with E-state index in [1.54, 1.807) is 12.1 Å². The standard InChI is InChI=1S/C18H12ClF3O3/c1-9-2-4-10(5-3-9)13-8-12(19)6-11-7-14(17(23)24)16(18(20,21)22)25-15(11)13/h2-8,16H,1H3,(H,23,24)/t16-/m0/s1. The number of rotatable bonds is 2. The number of carboxylic acids is 1. The lowest BCUT2D eigenvalue weighted by atomic mass is 9.95. The van der Waals surface area contributed by atoms with Crippen LogP contribution >= 0.6 is 11.6 Å². The third-order valence-electron chi connectivity index (χ3n) is 3.82. The Morgan fingerprint density at radius 1 is 1.20 bits per heavy atom. The van der Waals surface area contributed by atoms with Crippen LogP contribution in [0.1, 0.15) is 11.1 Å². The molecule has 3 rings (SSSR count). The van der Waals surface area contributed by atoms with Crippen LogP contribution in [-0.4, -0.2) is 23.4 Å². The minimum Gasteiger partial charge on any atom is -0.478 e. The molecule has 0 saturated carbocycles. The monoisotopic (exact) mass is 368 g/mol. The zero-order chi connectivity index (χ0) is 18.4. The van der Waals surface area contributed by atoms with E-state index in [-0.39, 0.29) is 16.3 Å². The molecule has 1 N–H and O–H groups in total. The minimum atomic E-state index is -4.86. The minimum absolute atomic E-state index is 0.0411. The maximum Gasteiger partial charge on any atom is 0.430 e. The van der Waals surface area contributed by atoms with Gasteiger partial charge in [-0.05, 0) is 30.7 Å². The van der Waals surface area contributed by atoms with Crippen LogP contribution in [-0.2, 0) is 4.79 Å². The van der Waals surface area contributed by atoms with Gasteiger partial charge in [0.1, 0.15) is 5.75 Å². The normalized spacial score (nSPS) is 16.7. The molecule has 0 aromatic heterocycles. The van der Waals surface area contributed by atoms with Crippen LogP contribution in [0.25, 0.3) is 17.2 Å². The first-order valence-electron chi connectivity index (χ1n) is 7.25. The van der Waals surface area contributed by atoms with Gasteiger partial charge in [0.2, 0.25) is 6.10 Å². The highest BCUT2D eigenvalue weighted by atomic mass is 35.5. The van der Waals surface area contributed by atoms with Gasteiger partial charge < -0.3 is 9.84 Å². The largest absolute Gasteiger partial charge is 0.478 e. The number of benzene rings is 2. The molecule has 3 nitrogen and oxygen atoms in total. The van der Waals surface area contributed by atoms with Gasteiger partial charge in [-0.15, -0.1) is 0 Å². The van der Waals surface area contributed by atoms with Gasteiger partial charge in [0.05, 0.1) is 5.57 Å². The molecule has 1 heterocycles. The van der Waals surface area contributed by atoms with E-state index >= 15 is 0 Å². The van der Waals surface area contributed by atoms with Crippen LogP contribution in [0.3, 0.4) is 0 Å². The molecule has 0 saturated heterocycles. The third kappa shape index (κ3) is 3.35. The number of aryl methyl sites for hydroxylation is 1. The Balaban J connectivity index is 2.22. The summed E-state index contributed by atoms with van der Waals surface area (Å²) < 4.78 is 44.9. The molecule has 0 radical (unpaired) electrons. The summed E-state index contributed by atoms with van der Waals surface area (Å²) in [4.78, 5) is 11.2. The molecule has 0 bridgehead atoms. The van der Waals surface area contributed by atoms with Crippen LogP contribution in [0.2, 0.25) is 5.02 Å². The summed E-state index contributed by atoms with van der Waals surface area (Å²) in [6.45, 7) is 1.88. The first kappa shape index (κ1) is 17.4. The van der Waals surface area contributed by atoms with Crippen molar-refractivity contribution in [2.24, 2.45) is 0 Å². The number of carbonyl (C=O) groups is 1. The lowest BCUT2D eigenvalue weighted by molar-refractivity contribution is -0.187. The smallest absolute Gasteiger partial charge is 0.430 e. The number of alkyl halides is 3. The van der Waals surface area contributed by atoms with Crippen molar-refractivity contribution in [2.75, 3.05) is 0 Å². The quantitative estimate of drug-likeness (QED) is 0.801. The summed E-state index contributed by atoms with van der Waals surface area (Å²) in [5.74, 6) is -1.73. The molecule has 0 unspecified atom stereocenters. The van der Waals surface area contributed by atoms with Gasteiger partial charge in [-0.3, -0.25) is 0 Å². The fourth-order valence-corrected chi connectivity index (χ4v) is 2.87.